The van der Waals surface area contributed by atoms with Gasteiger partial charge in [0.15, 0.2) is 0 Å². The normalized spacial score (nSPS) is 11.8. The number of hydrogen-bond acceptors (Lipinski definition) is 1. The molecule has 0 N–H and O–H groups in total. The molecule has 1 nitrogen and oxygen atoms in total. The van der Waals surface area contributed by atoms with E-state index in [-0.39, 0.29) is 5.41 Å². The average molecular weight is 239 g/mol. The predicted octanol–water partition coefficient (Wildman–Crippen LogP) is 4.34. The van der Waals surface area contributed by atoms with Crippen molar-refractivity contribution in [3.8, 4) is 0 Å². The van der Waals surface area contributed by atoms with Crippen LogP contribution < -0.4 is 0 Å². The highest BCUT2D eigenvalue weighted by molar-refractivity contribution is 6.43. The molecule has 0 atom stereocenters. The predicted molar refractivity (Wildman–Crippen MR) is 58.0 cm³/mol. The van der Waals surface area contributed by atoms with Crippen molar-refractivity contribution in [2.75, 3.05) is 0 Å². The lowest BCUT2D eigenvalue weighted by atomic mass is 9.88. The number of hydrogen-bond donors (Lipinski definition) is 0. The molecule has 0 fully saturated rings. The van der Waals surface area contributed by atoms with Crippen LogP contribution in [0.2, 0.25) is 15.2 Å². The van der Waals surface area contributed by atoms with E-state index in [0.717, 1.165) is 5.56 Å². The minimum Gasteiger partial charge on any atom is -0.243 e. The first-order valence-electron chi connectivity index (χ1n) is 3.84. The van der Waals surface area contributed by atoms with E-state index < -0.39 is 0 Å². The second kappa shape index (κ2) is 3.64. The zero-order valence-corrected chi connectivity index (χ0v) is 9.93. The maximum Gasteiger partial charge on any atom is 0.134 e. The number of pyridine rings is 1. The van der Waals surface area contributed by atoms with E-state index in [2.05, 4.69) is 4.98 Å². The Hall–Kier alpha value is 0.0200. The van der Waals surface area contributed by atoms with Crippen molar-refractivity contribution >= 4 is 34.8 Å². The Morgan fingerprint density at radius 2 is 1.69 bits per heavy atom. The first kappa shape index (κ1) is 11.1. The summed E-state index contributed by atoms with van der Waals surface area (Å²) >= 11 is 17.8. The molecular formula is C9H10Cl3N. The highest BCUT2D eigenvalue weighted by Crippen LogP contribution is 2.37. The van der Waals surface area contributed by atoms with Crippen LogP contribution in [0.5, 0.6) is 0 Å². The van der Waals surface area contributed by atoms with Gasteiger partial charge in [-0.15, -0.1) is 0 Å². The molecule has 0 spiro atoms. The summed E-state index contributed by atoms with van der Waals surface area (Å²) in [4.78, 5) is 3.95. The monoisotopic (exact) mass is 237 g/mol. The van der Waals surface area contributed by atoms with Gasteiger partial charge in [0.2, 0.25) is 0 Å². The van der Waals surface area contributed by atoms with Crippen LogP contribution in [0.3, 0.4) is 0 Å². The molecule has 0 aliphatic heterocycles. The van der Waals surface area contributed by atoms with Gasteiger partial charge in [-0.05, 0) is 5.41 Å². The summed E-state index contributed by atoms with van der Waals surface area (Å²) < 4.78 is 0. The molecule has 0 aliphatic rings. The molecule has 0 saturated carbocycles. The first-order valence-corrected chi connectivity index (χ1v) is 4.97. The Morgan fingerprint density at radius 3 is 2.08 bits per heavy atom. The van der Waals surface area contributed by atoms with Crippen LogP contribution in [0.15, 0.2) is 6.20 Å². The van der Waals surface area contributed by atoms with E-state index in [1.165, 1.54) is 6.20 Å². The Labute approximate surface area is 93.0 Å². The van der Waals surface area contributed by atoms with E-state index >= 15 is 0 Å². The number of halogens is 3. The minimum atomic E-state index is -0.147. The Balaban J connectivity index is 3.43. The van der Waals surface area contributed by atoms with Crippen LogP contribution in [-0.4, -0.2) is 4.98 Å². The highest BCUT2D eigenvalue weighted by atomic mass is 35.5. The summed E-state index contributed by atoms with van der Waals surface area (Å²) in [6.45, 7) is 6.04. The first-order chi connectivity index (χ1) is 5.84. The number of aromatic nitrogens is 1. The maximum absolute atomic E-state index is 6.03. The fourth-order valence-corrected chi connectivity index (χ4v) is 2.12. The van der Waals surface area contributed by atoms with E-state index in [4.69, 9.17) is 34.8 Å². The molecule has 1 heterocycles. The third kappa shape index (κ3) is 2.28. The van der Waals surface area contributed by atoms with Crippen LogP contribution in [0.25, 0.3) is 0 Å². The van der Waals surface area contributed by atoms with E-state index in [9.17, 15) is 0 Å². The van der Waals surface area contributed by atoms with Crippen LogP contribution >= 0.6 is 34.8 Å². The van der Waals surface area contributed by atoms with Crippen molar-refractivity contribution in [1.29, 1.82) is 0 Å². The third-order valence-corrected chi connectivity index (χ3v) is 2.74. The highest BCUT2D eigenvalue weighted by Gasteiger charge is 2.23. The van der Waals surface area contributed by atoms with Gasteiger partial charge in [0, 0.05) is 11.8 Å². The van der Waals surface area contributed by atoms with Crippen molar-refractivity contribution in [2.45, 2.75) is 26.2 Å². The zero-order valence-electron chi connectivity index (χ0n) is 7.66. The molecule has 0 bridgehead atoms. The Morgan fingerprint density at radius 1 is 1.15 bits per heavy atom. The van der Waals surface area contributed by atoms with Gasteiger partial charge in [-0.25, -0.2) is 4.98 Å². The van der Waals surface area contributed by atoms with Crippen molar-refractivity contribution in [3.63, 3.8) is 0 Å². The molecular weight excluding hydrogens is 228 g/mol. The van der Waals surface area contributed by atoms with Crippen molar-refractivity contribution < 1.29 is 0 Å². The molecule has 0 aliphatic carbocycles. The molecule has 0 amide bonds. The summed E-state index contributed by atoms with van der Waals surface area (Å²) in [6, 6.07) is 0. The van der Waals surface area contributed by atoms with Crippen molar-refractivity contribution in [2.24, 2.45) is 0 Å². The second-order valence-electron chi connectivity index (χ2n) is 3.84. The molecule has 1 aromatic rings. The molecule has 0 radical (unpaired) electrons. The van der Waals surface area contributed by atoms with Gasteiger partial charge >= 0.3 is 0 Å². The summed E-state index contributed by atoms with van der Waals surface area (Å²) in [5.41, 5.74) is 0.648. The lowest BCUT2D eigenvalue weighted by Crippen LogP contribution is -2.13. The van der Waals surface area contributed by atoms with Crippen LogP contribution in [0.4, 0.5) is 0 Å². The van der Waals surface area contributed by atoms with E-state index in [1.54, 1.807) is 0 Å². The van der Waals surface area contributed by atoms with Crippen molar-refractivity contribution in [3.05, 3.63) is 27.0 Å². The fourth-order valence-electron chi connectivity index (χ4n) is 1.08. The maximum atomic E-state index is 6.03. The molecule has 4 heteroatoms. The molecule has 0 saturated heterocycles. The Kier molecular flexibility index (Phi) is 3.11. The summed E-state index contributed by atoms with van der Waals surface area (Å²) in [6.07, 6.45) is 1.46. The smallest absolute Gasteiger partial charge is 0.134 e. The summed E-state index contributed by atoms with van der Waals surface area (Å²) in [7, 11) is 0. The van der Waals surface area contributed by atoms with Gasteiger partial charge in [0.25, 0.3) is 0 Å². The number of rotatable bonds is 0. The molecule has 0 aromatic carbocycles. The minimum absolute atomic E-state index is 0.147. The summed E-state index contributed by atoms with van der Waals surface area (Å²) in [5, 5.41) is 1.35. The molecule has 1 aromatic heterocycles. The van der Waals surface area contributed by atoms with E-state index in [0.29, 0.717) is 15.2 Å². The lowest BCUT2D eigenvalue weighted by Gasteiger charge is -2.21. The van der Waals surface area contributed by atoms with Gasteiger partial charge in [-0.1, -0.05) is 55.6 Å². The van der Waals surface area contributed by atoms with Crippen LogP contribution in [0.1, 0.15) is 26.3 Å². The van der Waals surface area contributed by atoms with Crippen molar-refractivity contribution in [1.82, 2.24) is 4.98 Å². The van der Waals surface area contributed by atoms with Crippen LogP contribution in [0, 0.1) is 0 Å². The fraction of sp³-hybridized carbons (Fsp3) is 0.444. The Bertz CT molecular complexity index is 328. The zero-order chi connectivity index (χ0) is 10.2. The largest absolute Gasteiger partial charge is 0.243 e. The van der Waals surface area contributed by atoms with Gasteiger partial charge in [0.1, 0.15) is 5.15 Å². The van der Waals surface area contributed by atoms with Gasteiger partial charge in [-0.2, -0.15) is 0 Å². The number of nitrogens with zero attached hydrogens (tertiary/aromatic N) is 1. The molecule has 72 valence electrons. The van der Waals surface area contributed by atoms with Gasteiger partial charge < -0.3 is 0 Å². The topological polar surface area (TPSA) is 12.9 Å². The quantitative estimate of drug-likeness (QED) is 0.613. The molecule has 1 rings (SSSR count). The SMILES string of the molecule is CC(C)(C)c1c(Cl)ncc(Cl)c1Cl. The lowest BCUT2D eigenvalue weighted by molar-refractivity contribution is 0.588. The van der Waals surface area contributed by atoms with E-state index in [1.807, 2.05) is 20.8 Å². The second-order valence-corrected chi connectivity index (χ2v) is 4.98. The van der Waals surface area contributed by atoms with Crippen LogP contribution in [-0.2, 0) is 5.41 Å². The van der Waals surface area contributed by atoms with Gasteiger partial charge in [0.05, 0.1) is 10.0 Å². The molecule has 13 heavy (non-hydrogen) atoms. The molecule has 0 unspecified atom stereocenters. The summed E-state index contributed by atoms with van der Waals surface area (Å²) in [5.74, 6) is 0. The average Bonchev–Trinajstić information content (AvgIpc) is 1.95. The standard InChI is InChI=1S/C9H10Cl3N/c1-9(2,3)6-7(11)5(10)4-13-8(6)12/h4H,1-3H3. The van der Waals surface area contributed by atoms with Gasteiger partial charge in [-0.3, -0.25) is 0 Å². The third-order valence-electron chi connectivity index (χ3n) is 1.68.